The highest BCUT2D eigenvalue weighted by molar-refractivity contribution is 7.99. The highest BCUT2D eigenvalue weighted by Gasteiger charge is 2.12. The number of hydrogen-bond donors (Lipinski definition) is 2. The maximum absolute atomic E-state index is 11.4. The van der Waals surface area contributed by atoms with E-state index in [0.29, 0.717) is 18.4 Å². The van der Waals surface area contributed by atoms with Crippen molar-refractivity contribution in [3.05, 3.63) is 0 Å². The largest absolute Gasteiger partial charge is 0.356 e. The standard InChI is InChI=1S/C12H24N2OS/c1-10(2)9-14-12(15)3-6-13-11-4-7-16-8-5-11/h10-11,13H,3-9H2,1-2H3,(H,14,15). The van der Waals surface area contributed by atoms with Crippen molar-refractivity contribution in [3.8, 4) is 0 Å². The summed E-state index contributed by atoms with van der Waals surface area (Å²) in [4.78, 5) is 11.4. The molecular formula is C12H24N2OS. The SMILES string of the molecule is CC(C)CNC(=O)CCNC1CCSCC1. The van der Waals surface area contributed by atoms with Crippen molar-refractivity contribution in [3.63, 3.8) is 0 Å². The van der Waals surface area contributed by atoms with E-state index in [1.54, 1.807) is 0 Å². The van der Waals surface area contributed by atoms with E-state index in [2.05, 4.69) is 24.5 Å². The van der Waals surface area contributed by atoms with Crippen LogP contribution in [-0.4, -0.2) is 36.5 Å². The van der Waals surface area contributed by atoms with Gasteiger partial charge in [-0.3, -0.25) is 4.79 Å². The molecule has 0 unspecified atom stereocenters. The van der Waals surface area contributed by atoms with Crippen LogP contribution in [0.1, 0.15) is 33.1 Å². The Morgan fingerprint density at radius 3 is 2.69 bits per heavy atom. The third-order valence-electron chi connectivity index (χ3n) is 2.71. The highest BCUT2D eigenvalue weighted by Crippen LogP contribution is 2.16. The summed E-state index contributed by atoms with van der Waals surface area (Å²) in [5.41, 5.74) is 0. The van der Waals surface area contributed by atoms with E-state index in [9.17, 15) is 4.79 Å². The summed E-state index contributed by atoms with van der Waals surface area (Å²) < 4.78 is 0. The molecule has 1 heterocycles. The lowest BCUT2D eigenvalue weighted by molar-refractivity contribution is -0.121. The van der Waals surface area contributed by atoms with E-state index in [1.807, 2.05) is 11.8 Å². The molecule has 0 aromatic rings. The molecule has 0 bridgehead atoms. The zero-order valence-electron chi connectivity index (χ0n) is 10.4. The Hall–Kier alpha value is -0.220. The third kappa shape index (κ3) is 6.38. The average molecular weight is 244 g/mol. The number of thioether (sulfide) groups is 1. The summed E-state index contributed by atoms with van der Waals surface area (Å²) >= 11 is 2.03. The Balaban J connectivity index is 1.99. The van der Waals surface area contributed by atoms with Crippen LogP contribution in [0, 0.1) is 5.92 Å². The molecule has 1 amide bonds. The fourth-order valence-corrected chi connectivity index (χ4v) is 2.80. The summed E-state index contributed by atoms with van der Waals surface area (Å²) in [5.74, 6) is 3.23. The molecule has 0 spiro atoms. The predicted molar refractivity (Wildman–Crippen MR) is 70.8 cm³/mol. The van der Waals surface area contributed by atoms with Gasteiger partial charge in [0, 0.05) is 25.6 Å². The number of carbonyl (C=O) groups is 1. The van der Waals surface area contributed by atoms with Crippen molar-refractivity contribution in [1.82, 2.24) is 10.6 Å². The smallest absolute Gasteiger partial charge is 0.221 e. The minimum atomic E-state index is 0.173. The van der Waals surface area contributed by atoms with E-state index < -0.39 is 0 Å². The molecule has 4 heteroatoms. The second-order valence-electron chi connectivity index (χ2n) is 4.79. The highest BCUT2D eigenvalue weighted by atomic mass is 32.2. The second kappa shape index (κ2) is 7.96. The fraction of sp³-hybridized carbons (Fsp3) is 0.917. The molecule has 0 saturated carbocycles. The van der Waals surface area contributed by atoms with Crippen molar-refractivity contribution in [2.24, 2.45) is 5.92 Å². The monoisotopic (exact) mass is 244 g/mol. The molecule has 2 N–H and O–H groups in total. The Labute approximate surface area is 103 Å². The normalized spacial score (nSPS) is 17.7. The molecule has 1 fully saturated rings. The summed E-state index contributed by atoms with van der Waals surface area (Å²) in [6.45, 7) is 5.83. The van der Waals surface area contributed by atoms with Crippen molar-refractivity contribution in [2.75, 3.05) is 24.6 Å². The first-order valence-electron chi connectivity index (χ1n) is 6.26. The fourth-order valence-electron chi connectivity index (χ4n) is 1.70. The molecule has 0 aromatic carbocycles. The zero-order chi connectivity index (χ0) is 11.8. The quantitative estimate of drug-likeness (QED) is 0.746. The number of carbonyl (C=O) groups excluding carboxylic acids is 1. The minimum Gasteiger partial charge on any atom is -0.356 e. The number of rotatable bonds is 6. The number of amides is 1. The molecule has 0 aliphatic carbocycles. The van der Waals surface area contributed by atoms with Gasteiger partial charge in [-0.25, -0.2) is 0 Å². The van der Waals surface area contributed by atoms with Gasteiger partial charge in [-0.15, -0.1) is 0 Å². The first kappa shape index (κ1) is 13.8. The molecule has 0 atom stereocenters. The lowest BCUT2D eigenvalue weighted by atomic mass is 10.1. The third-order valence-corrected chi connectivity index (χ3v) is 3.76. The van der Waals surface area contributed by atoms with Crippen LogP contribution >= 0.6 is 11.8 Å². The topological polar surface area (TPSA) is 41.1 Å². The molecule has 0 radical (unpaired) electrons. The van der Waals surface area contributed by atoms with Crippen LogP contribution in [0.15, 0.2) is 0 Å². The van der Waals surface area contributed by atoms with Crippen LogP contribution in [0.5, 0.6) is 0 Å². The maximum atomic E-state index is 11.4. The molecule has 94 valence electrons. The second-order valence-corrected chi connectivity index (χ2v) is 6.01. The average Bonchev–Trinajstić information content (AvgIpc) is 2.28. The Morgan fingerprint density at radius 1 is 1.38 bits per heavy atom. The summed E-state index contributed by atoms with van der Waals surface area (Å²) in [7, 11) is 0. The van der Waals surface area contributed by atoms with Gasteiger partial charge in [0.2, 0.25) is 5.91 Å². The molecule has 1 aliphatic heterocycles. The van der Waals surface area contributed by atoms with Crippen molar-refractivity contribution >= 4 is 17.7 Å². The Bertz CT molecular complexity index is 203. The van der Waals surface area contributed by atoms with Crippen LogP contribution in [0.25, 0.3) is 0 Å². The zero-order valence-corrected chi connectivity index (χ0v) is 11.2. The van der Waals surface area contributed by atoms with E-state index in [0.717, 1.165) is 13.1 Å². The summed E-state index contributed by atoms with van der Waals surface area (Å²) in [6.07, 6.45) is 3.10. The van der Waals surface area contributed by atoms with E-state index >= 15 is 0 Å². The first-order chi connectivity index (χ1) is 7.68. The Kier molecular flexibility index (Phi) is 6.88. The van der Waals surface area contributed by atoms with Gasteiger partial charge in [0.05, 0.1) is 0 Å². The number of hydrogen-bond acceptors (Lipinski definition) is 3. The van der Waals surface area contributed by atoms with Crippen LogP contribution in [0.4, 0.5) is 0 Å². The molecule has 0 aromatic heterocycles. The molecule has 16 heavy (non-hydrogen) atoms. The van der Waals surface area contributed by atoms with E-state index in [4.69, 9.17) is 0 Å². The van der Waals surface area contributed by atoms with Gasteiger partial charge in [-0.1, -0.05) is 13.8 Å². The van der Waals surface area contributed by atoms with Crippen LogP contribution in [-0.2, 0) is 4.79 Å². The van der Waals surface area contributed by atoms with Crippen molar-refractivity contribution < 1.29 is 4.79 Å². The number of nitrogens with one attached hydrogen (secondary N) is 2. The first-order valence-corrected chi connectivity index (χ1v) is 7.41. The molecular weight excluding hydrogens is 220 g/mol. The van der Waals surface area contributed by atoms with Gasteiger partial charge >= 0.3 is 0 Å². The van der Waals surface area contributed by atoms with Gasteiger partial charge in [0.25, 0.3) is 0 Å². The Morgan fingerprint density at radius 2 is 2.06 bits per heavy atom. The molecule has 1 aliphatic rings. The van der Waals surface area contributed by atoms with Crippen molar-refractivity contribution in [1.29, 1.82) is 0 Å². The lowest BCUT2D eigenvalue weighted by Gasteiger charge is -2.22. The van der Waals surface area contributed by atoms with Crippen molar-refractivity contribution in [2.45, 2.75) is 39.2 Å². The van der Waals surface area contributed by atoms with Crippen LogP contribution in [0.2, 0.25) is 0 Å². The van der Waals surface area contributed by atoms with Gasteiger partial charge in [0.1, 0.15) is 0 Å². The predicted octanol–water partition coefficient (Wildman–Crippen LogP) is 1.63. The van der Waals surface area contributed by atoms with Gasteiger partial charge in [-0.05, 0) is 30.3 Å². The van der Waals surface area contributed by atoms with Gasteiger partial charge < -0.3 is 10.6 Å². The van der Waals surface area contributed by atoms with Crippen LogP contribution < -0.4 is 10.6 Å². The summed E-state index contributed by atoms with van der Waals surface area (Å²) in [5, 5.41) is 6.40. The van der Waals surface area contributed by atoms with E-state index in [1.165, 1.54) is 24.3 Å². The lowest BCUT2D eigenvalue weighted by Crippen LogP contribution is -2.36. The molecule has 1 saturated heterocycles. The summed E-state index contributed by atoms with van der Waals surface area (Å²) in [6, 6.07) is 0.638. The van der Waals surface area contributed by atoms with Gasteiger partial charge in [0.15, 0.2) is 0 Å². The van der Waals surface area contributed by atoms with Crippen LogP contribution in [0.3, 0.4) is 0 Å². The maximum Gasteiger partial charge on any atom is 0.221 e. The molecule has 3 nitrogen and oxygen atoms in total. The van der Waals surface area contributed by atoms with Gasteiger partial charge in [-0.2, -0.15) is 11.8 Å². The molecule has 1 rings (SSSR count). The minimum absolute atomic E-state index is 0.173. The van der Waals surface area contributed by atoms with E-state index in [-0.39, 0.29) is 5.91 Å².